The standard InChI is InChI=1S/C56H37N3O/c1-56(2)48-20-9-8-16-44(48)45-18-10-19-46(52(45)56)55-58-53(36-13-4-3-5-14-36)57-54(59-55)37-25-22-35(23-26-37)43-17-11-21-50-51(43)47-33-39(29-31-49(47)60-50)38-28-30-42-40(32-38)27-24-34-12-6-7-15-41(34)42/h3-33H,1-2H3. The number of fused-ring (bicyclic) bond motifs is 9. The van der Waals surface area contributed by atoms with E-state index in [2.05, 4.69) is 184 Å². The van der Waals surface area contributed by atoms with Gasteiger partial charge < -0.3 is 4.42 Å². The van der Waals surface area contributed by atoms with Crippen LogP contribution >= 0.6 is 0 Å². The van der Waals surface area contributed by atoms with Gasteiger partial charge in [-0.3, -0.25) is 0 Å². The minimum absolute atomic E-state index is 0.215. The van der Waals surface area contributed by atoms with E-state index in [0.717, 1.165) is 55.3 Å². The Kier molecular flexibility index (Phi) is 7.54. The van der Waals surface area contributed by atoms with E-state index in [1.807, 2.05) is 18.2 Å². The second-order valence-corrected chi connectivity index (χ2v) is 16.4. The molecule has 0 spiro atoms. The fraction of sp³-hybridized carbons (Fsp3) is 0.0536. The summed E-state index contributed by atoms with van der Waals surface area (Å²) >= 11 is 0. The average Bonchev–Trinajstić information content (AvgIpc) is 3.80. The molecule has 0 aliphatic heterocycles. The number of aromatic nitrogens is 3. The third-order valence-corrected chi connectivity index (χ3v) is 12.5. The first-order valence-corrected chi connectivity index (χ1v) is 20.5. The highest BCUT2D eigenvalue weighted by molar-refractivity contribution is 6.14. The molecule has 12 rings (SSSR count). The molecule has 4 nitrogen and oxygen atoms in total. The number of furan rings is 1. The van der Waals surface area contributed by atoms with Crippen LogP contribution in [-0.2, 0) is 5.41 Å². The van der Waals surface area contributed by atoms with Crippen LogP contribution in [0.5, 0.6) is 0 Å². The molecule has 282 valence electrons. The van der Waals surface area contributed by atoms with Crippen molar-refractivity contribution in [2.45, 2.75) is 19.3 Å². The Morgan fingerprint density at radius 3 is 1.83 bits per heavy atom. The fourth-order valence-electron chi connectivity index (χ4n) is 9.61. The first kappa shape index (κ1) is 34.4. The number of nitrogens with zero attached hydrogens (tertiary/aromatic N) is 3. The normalized spacial score (nSPS) is 13.0. The summed E-state index contributed by atoms with van der Waals surface area (Å²) in [5.74, 6) is 1.96. The van der Waals surface area contributed by atoms with Crippen molar-refractivity contribution in [1.82, 2.24) is 15.0 Å². The quantitative estimate of drug-likeness (QED) is 0.164. The first-order chi connectivity index (χ1) is 29.5. The molecule has 2 heterocycles. The van der Waals surface area contributed by atoms with E-state index in [9.17, 15) is 0 Å². The van der Waals surface area contributed by atoms with Gasteiger partial charge in [-0.2, -0.15) is 0 Å². The van der Waals surface area contributed by atoms with Crippen molar-refractivity contribution in [1.29, 1.82) is 0 Å². The smallest absolute Gasteiger partial charge is 0.164 e. The lowest BCUT2D eigenvalue weighted by Gasteiger charge is -2.24. The highest BCUT2D eigenvalue weighted by atomic mass is 16.3. The summed E-state index contributed by atoms with van der Waals surface area (Å²) in [5.41, 5.74) is 14.0. The van der Waals surface area contributed by atoms with Crippen LogP contribution in [0.4, 0.5) is 0 Å². The molecule has 0 radical (unpaired) electrons. The largest absolute Gasteiger partial charge is 0.456 e. The molecule has 0 fully saturated rings. The van der Waals surface area contributed by atoms with Crippen molar-refractivity contribution in [3.8, 4) is 67.5 Å². The SMILES string of the molecule is CC1(C)c2ccccc2-c2cccc(-c3nc(-c4ccccc4)nc(-c4ccc(-c5cccc6oc7ccc(-c8ccc9c(ccc%10ccccc%109)c8)cc7c56)cc4)n3)c21. The average molecular weight is 768 g/mol. The van der Waals surface area contributed by atoms with Crippen LogP contribution in [0.2, 0.25) is 0 Å². The van der Waals surface area contributed by atoms with Crippen molar-refractivity contribution in [3.63, 3.8) is 0 Å². The number of benzene rings is 9. The van der Waals surface area contributed by atoms with Crippen molar-refractivity contribution >= 4 is 43.5 Å². The zero-order valence-corrected chi connectivity index (χ0v) is 33.1. The molecule has 0 saturated carbocycles. The highest BCUT2D eigenvalue weighted by Crippen LogP contribution is 2.52. The van der Waals surface area contributed by atoms with E-state index < -0.39 is 0 Å². The van der Waals surface area contributed by atoms with E-state index in [1.165, 1.54) is 49.4 Å². The summed E-state index contributed by atoms with van der Waals surface area (Å²) < 4.78 is 6.47. The second-order valence-electron chi connectivity index (χ2n) is 16.4. The van der Waals surface area contributed by atoms with Gasteiger partial charge in [0.1, 0.15) is 11.2 Å². The zero-order chi connectivity index (χ0) is 40.0. The van der Waals surface area contributed by atoms with Gasteiger partial charge in [-0.05, 0) is 90.3 Å². The first-order valence-electron chi connectivity index (χ1n) is 20.5. The zero-order valence-electron chi connectivity index (χ0n) is 33.1. The molecular formula is C56H37N3O. The summed E-state index contributed by atoms with van der Waals surface area (Å²) in [7, 11) is 0. The molecule has 2 aromatic heterocycles. The maximum absolute atomic E-state index is 6.47. The Morgan fingerprint density at radius 2 is 0.967 bits per heavy atom. The molecule has 60 heavy (non-hydrogen) atoms. The van der Waals surface area contributed by atoms with E-state index in [0.29, 0.717) is 17.5 Å². The summed E-state index contributed by atoms with van der Waals surface area (Å²) in [6, 6.07) is 66.7. The van der Waals surface area contributed by atoms with E-state index >= 15 is 0 Å². The number of hydrogen-bond donors (Lipinski definition) is 0. The lowest BCUT2D eigenvalue weighted by Crippen LogP contribution is -2.17. The van der Waals surface area contributed by atoms with Crippen LogP contribution in [0, 0.1) is 0 Å². The molecule has 0 saturated heterocycles. The monoisotopic (exact) mass is 767 g/mol. The van der Waals surface area contributed by atoms with Gasteiger partial charge in [0.15, 0.2) is 17.5 Å². The van der Waals surface area contributed by atoms with Gasteiger partial charge in [0.2, 0.25) is 0 Å². The van der Waals surface area contributed by atoms with Crippen LogP contribution in [0.1, 0.15) is 25.0 Å². The van der Waals surface area contributed by atoms with Gasteiger partial charge in [-0.25, -0.2) is 15.0 Å². The molecule has 0 N–H and O–H groups in total. The Bertz CT molecular complexity index is 3510. The van der Waals surface area contributed by atoms with Gasteiger partial charge in [0.05, 0.1) is 0 Å². The van der Waals surface area contributed by atoms with Crippen LogP contribution in [0.3, 0.4) is 0 Å². The minimum atomic E-state index is -0.215. The van der Waals surface area contributed by atoms with Gasteiger partial charge >= 0.3 is 0 Å². The third kappa shape index (κ3) is 5.34. The molecule has 0 atom stereocenters. The maximum atomic E-state index is 6.47. The Balaban J connectivity index is 0.954. The predicted octanol–water partition coefficient (Wildman–Crippen LogP) is 14.7. The van der Waals surface area contributed by atoms with Gasteiger partial charge in [0, 0.05) is 32.9 Å². The van der Waals surface area contributed by atoms with Crippen LogP contribution in [0.15, 0.2) is 192 Å². The van der Waals surface area contributed by atoms with E-state index in [-0.39, 0.29) is 5.41 Å². The molecule has 0 bridgehead atoms. The molecule has 0 unspecified atom stereocenters. The Labute approximate surface area is 347 Å². The van der Waals surface area contributed by atoms with Crippen molar-refractivity contribution < 1.29 is 4.42 Å². The number of hydrogen-bond acceptors (Lipinski definition) is 4. The second kappa shape index (κ2) is 13.2. The summed E-state index contributed by atoms with van der Waals surface area (Å²) in [5, 5.41) is 7.22. The van der Waals surface area contributed by atoms with Crippen LogP contribution in [0.25, 0.3) is 111 Å². The molecule has 11 aromatic rings. The molecule has 0 amide bonds. The predicted molar refractivity (Wildman–Crippen MR) is 247 cm³/mol. The van der Waals surface area contributed by atoms with Crippen molar-refractivity contribution in [2.24, 2.45) is 0 Å². The van der Waals surface area contributed by atoms with Gasteiger partial charge in [-0.1, -0.05) is 178 Å². The summed E-state index contributed by atoms with van der Waals surface area (Å²) in [4.78, 5) is 15.5. The Hall–Kier alpha value is -7.69. The summed E-state index contributed by atoms with van der Waals surface area (Å²) in [6.07, 6.45) is 0. The highest BCUT2D eigenvalue weighted by Gasteiger charge is 2.38. The Morgan fingerprint density at radius 1 is 0.367 bits per heavy atom. The minimum Gasteiger partial charge on any atom is -0.456 e. The summed E-state index contributed by atoms with van der Waals surface area (Å²) in [6.45, 7) is 4.60. The van der Waals surface area contributed by atoms with Crippen molar-refractivity contribution in [3.05, 3.63) is 199 Å². The molecule has 9 aromatic carbocycles. The van der Waals surface area contributed by atoms with Crippen LogP contribution < -0.4 is 0 Å². The molecule has 4 heteroatoms. The topological polar surface area (TPSA) is 51.8 Å². The molecule has 1 aliphatic carbocycles. The van der Waals surface area contributed by atoms with Gasteiger partial charge in [0.25, 0.3) is 0 Å². The molecule has 1 aliphatic rings. The van der Waals surface area contributed by atoms with E-state index in [4.69, 9.17) is 19.4 Å². The number of rotatable bonds is 5. The van der Waals surface area contributed by atoms with Crippen LogP contribution in [-0.4, -0.2) is 15.0 Å². The molecular weight excluding hydrogens is 731 g/mol. The lowest BCUT2D eigenvalue weighted by molar-refractivity contribution is 0.661. The lowest BCUT2D eigenvalue weighted by atomic mass is 9.80. The third-order valence-electron chi connectivity index (χ3n) is 12.5. The van der Waals surface area contributed by atoms with Crippen molar-refractivity contribution in [2.75, 3.05) is 0 Å². The van der Waals surface area contributed by atoms with Gasteiger partial charge in [-0.15, -0.1) is 0 Å². The van der Waals surface area contributed by atoms with E-state index in [1.54, 1.807) is 0 Å². The maximum Gasteiger partial charge on any atom is 0.164 e. The fourth-order valence-corrected chi connectivity index (χ4v) is 9.61.